The highest BCUT2D eigenvalue weighted by atomic mass is 32.2. The Bertz CT molecular complexity index is 945. The van der Waals surface area contributed by atoms with E-state index >= 15 is 0 Å². The minimum absolute atomic E-state index is 0.00410. The zero-order chi connectivity index (χ0) is 22.0. The van der Waals surface area contributed by atoms with Crippen molar-refractivity contribution in [2.24, 2.45) is 5.92 Å². The van der Waals surface area contributed by atoms with Gasteiger partial charge in [-0.05, 0) is 43.5 Å². The quantitative estimate of drug-likeness (QED) is 0.532. The van der Waals surface area contributed by atoms with Gasteiger partial charge >= 0.3 is 5.97 Å². The smallest absolute Gasteiger partial charge is 0.311 e. The van der Waals surface area contributed by atoms with Crippen LogP contribution in [0, 0.1) is 5.92 Å². The first-order valence-corrected chi connectivity index (χ1v) is 11.6. The Morgan fingerprint density at radius 3 is 2.43 bits per heavy atom. The maximum absolute atomic E-state index is 12.6. The molecule has 0 aliphatic heterocycles. The van der Waals surface area contributed by atoms with Gasteiger partial charge in [0.1, 0.15) is 0 Å². The summed E-state index contributed by atoms with van der Waals surface area (Å²) in [6.45, 7) is 3.88. The second-order valence-corrected chi connectivity index (χ2v) is 8.69. The van der Waals surface area contributed by atoms with Gasteiger partial charge in [0.05, 0.1) is 18.3 Å². The second-order valence-electron chi connectivity index (χ2n) is 6.85. The van der Waals surface area contributed by atoms with Gasteiger partial charge in [-0.3, -0.25) is 14.3 Å². The number of esters is 1. The van der Waals surface area contributed by atoms with Crippen LogP contribution in [0.3, 0.4) is 0 Å². The fourth-order valence-corrected chi connectivity index (χ4v) is 4.06. The van der Waals surface area contributed by atoms with Crippen molar-refractivity contribution in [3.63, 3.8) is 0 Å². The highest BCUT2D eigenvalue weighted by Gasteiger charge is 2.21. The molecule has 2 rings (SSSR count). The first kappa shape index (κ1) is 23.4. The lowest BCUT2D eigenvalue weighted by atomic mass is 9.99. The number of anilines is 1. The fourth-order valence-electron chi connectivity index (χ4n) is 2.94. The monoisotopic (exact) mass is 432 g/mol. The van der Waals surface area contributed by atoms with Crippen LogP contribution in [-0.4, -0.2) is 39.2 Å². The summed E-state index contributed by atoms with van der Waals surface area (Å²) in [4.78, 5) is 24.9. The molecule has 8 heteroatoms. The summed E-state index contributed by atoms with van der Waals surface area (Å²) < 4.78 is 31.5. The number of ether oxygens (including phenoxy) is 1. The maximum Gasteiger partial charge on any atom is 0.311 e. The summed E-state index contributed by atoms with van der Waals surface area (Å²) >= 11 is 0. The van der Waals surface area contributed by atoms with Crippen molar-refractivity contribution in [2.45, 2.75) is 26.7 Å². The van der Waals surface area contributed by atoms with Crippen LogP contribution in [0.2, 0.25) is 0 Å². The Morgan fingerprint density at radius 1 is 1.03 bits per heavy atom. The van der Waals surface area contributed by atoms with E-state index in [2.05, 4.69) is 10.0 Å². The molecule has 0 saturated carbocycles. The van der Waals surface area contributed by atoms with Crippen LogP contribution >= 0.6 is 0 Å². The average molecular weight is 433 g/mol. The molecule has 1 atom stereocenters. The van der Waals surface area contributed by atoms with Gasteiger partial charge in [-0.2, -0.15) is 0 Å². The number of nitrogens with one attached hydrogen (secondary N) is 2. The van der Waals surface area contributed by atoms with Gasteiger partial charge in [0.15, 0.2) is 0 Å². The normalized spacial score (nSPS) is 12.1. The summed E-state index contributed by atoms with van der Waals surface area (Å²) in [7, 11) is -3.45. The molecule has 0 heterocycles. The number of sulfonamides is 1. The molecule has 7 nitrogen and oxygen atoms in total. The minimum atomic E-state index is -3.45. The van der Waals surface area contributed by atoms with Gasteiger partial charge in [0.2, 0.25) is 10.0 Å². The van der Waals surface area contributed by atoms with Crippen LogP contribution in [0.1, 0.15) is 36.2 Å². The summed E-state index contributed by atoms with van der Waals surface area (Å²) in [5.74, 6) is -1.29. The number of amides is 1. The van der Waals surface area contributed by atoms with Gasteiger partial charge < -0.3 is 10.1 Å². The third kappa shape index (κ3) is 7.51. The zero-order valence-corrected chi connectivity index (χ0v) is 18.1. The van der Waals surface area contributed by atoms with E-state index in [0.717, 1.165) is 5.56 Å². The molecular formula is C22H28N2O5S. The first-order valence-electron chi connectivity index (χ1n) is 9.94. The van der Waals surface area contributed by atoms with Gasteiger partial charge in [-0.25, -0.2) is 8.42 Å². The summed E-state index contributed by atoms with van der Waals surface area (Å²) in [6.07, 6.45) is 0.934. The SMILES string of the molecule is CCCS(=O)(=O)Nc1cccc(C(=O)NCC(Cc2ccccc2)C(=O)OCC)c1. The molecule has 2 aromatic carbocycles. The molecule has 1 amide bonds. The Kier molecular flexibility index (Phi) is 8.86. The van der Waals surface area contributed by atoms with Gasteiger partial charge in [0, 0.05) is 17.8 Å². The highest BCUT2D eigenvalue weighted by Crippen LogP contribution is 2.14. The molecule has 2 aromatic rings. The molecule has 162 valence electrons. The van der Waals surface area contributed by atoms with Crippen molar-refractivity contribution in [1.82, 2.24) is 5.32 Å². The van der Waals surface area contributed by atoms with Crippen LogP contribution in [0.25, 0.3) is 0 Å². The van der Waals surface area contributed by atoms with Gasteiger partial charge in [0.25, 0.3) is 5.91 Å². The number of hydrogen-bond donors (Lipinski definition) is 2. The molecule has 0 saturated heterocycles. The molecule has 0 aliphatic rings. The molecule has 0 aliphatic carbocycles. The van der Waals surface area contributed by atoms with Crippen molar-refractivity contribution in [3.8, 4) is 0 Å². The van der Waals surface area contributed by atoms with Crippen LogP contribution in [0.15, 0.2) is 54.6 Å². The van der Waals surface area contributed by atoms with Crippen molar-refractivity contribution in [3.05, 3.63) is 65.7 Å². The molecule has 0 bridgehead atoms. The minimum Gasteiger partial charge on any atom is -0.466 e. The first-order chi connectivity index (χ1) is 14.3. The van der Waals surface area contributed by atoms with E-state index in [1.54, 1.807) is 32.0 Å². The van der Waals surface area contributed by atoms with Crippen molar-refractivity contribution in [1.29, 1.82) is 0 Å². The molecule has 0 radical (unpaired) electrons. The predicted octanol–water partition coefficient (Wildman–Crippen LogP) is 2.99. The zero-order valence-electron chi connectivity index (χ0n) is 17.3. The Morgan fingerprint density at radius 2 is 1.77 bits per heavy atom. The summed E-state index contributed by atoms with van der Waals surface area (Å²) in [5.41, 5.74) is 1.59. The third-order valence-corrected chi connectivity index (χ3v) is 5.82. The largest absolute Gasteiger partial charge is 0.466 e. The van der Waals surface area contributed by atoms with Gasteiger partial charge in [-0.15, -0.1) is 0 Å². The van der Waals surface area contributed by atoms with Crippen LogP contribution in [-0.2, 0) is 26.0 Å². The lowest BCUT2D eigenvalue weighted by Crippen LogP contribution is -2.35. The van der Waals surface area contributed by atoms with E-state index in [0.29, 0.717) is 24.1 Å². The second kappa shape index (κ2) is 11.3. The molecule has 0 spiro atoms. The standard InChI is InChI=1S/C22H28N2O5S/c1-3-13-30(27,28)24-20-12-8-11-18(15-20)21(25)23-16-19(22(26)29-4-2)14-17-9-6-5-7-10-17/h5-12,15,19,24H,3-4,13-14,16H2,1-2H3,(H,23,25). The Labute approximate surface area is 177 Å². The molecule has 2 N–H and O–H groups in total. The van der Waals surface area contributed by atoms with E-state index in [9.17, 15) is 18.0 Å². The van der Waals surface area contributed by atoms with E-state index in [1.807, 2.05) is 30.3 Å². The van der Waals surface area contributed by atoms with E-state index in [1.165, 1.54) is 6.07 Å². The van der Waals surface area contributed by atoms with Crippen LogP contribution in [0.5, 0.6) is 0 Å². The Balaban J connectivity index is 2.05. The number of carbonyl (C=O) groups excluding carboxylic acids is 2. The van der Waals surface area contributed by atoms with E-state index in [4.69, 9.17) is 4.74 Å². The Hall–Kier alpha value is -2.87. The lowest BCUT2D eigenvalue weighted by molar-refractivity contribution is -0.147. The fraction of sp³-hybridized carbons (Fsp3) is 0.364. The molecule has 30 heavy (non-hydrogen) atoms. The topological polar surface area (TPSA) is 102 Å². The average Bonchev–Trinajstić information content (AvgIpc) is 2.71. The van der Waals surface area contributed by atoms with E-state index < -0.39 is 21.8 Å². The number of hydrogen-bond acceptors (Lipinski definition) is 5. The van der Waals surface area contributed by atoms with Crippen molar-refractivity contribution < 1.29 is 22.7 Å². The summed E-state index contributed by atoms with van der Waals surface area (Å²) in [6, 6.07) is 15.8. The number of rotatable bonds is 11. The molecular weight excluding hydrogens is 404 g/mol. The van der Waals surface area contributed by atoms with E-state index in [-0.39, 0.29) is 24.9 Å². The van der Waals surface area contributed by atoms with Crippen LogP contribution < -0.4 is 10.0 Å². The van der Waals surface area contributed by atoms with Crippen molar-refractivity contribution in [2.75, 3.05) is 23.6 Å². The predicted molar refractivity (Wildman–Crippen MR) is 117 cm³/mol. The molecule has 0 aromatic heterocycles. The number of benzene rings is 2. The lowest BCUT2D eigenvalue weighted by Gasteiger charge is -2.17. The van der Waals surface area contributed by atoms with Crippen LogP contribution in [0.4, 0.5) is 5.69 Å². The van der Waals surface area contributed by atoms with Gasteiger partial charge in [-0.1, -0.05) is 43.3 Å². The van der Waals surface area contributed by atoms with Crippen molar-refractivity contribution >= 4 is 27.6 Å². The molecule has 1 unspecified atom stereocenters. The summed E-state index contributed by atoms with van der Waals surface area (Å²) in [5, 5.41) is 2.76. The molecule has 0 fully saturated rings. The maximum atomic E-state index is 12.6. The third-order valence-electron chi connectivity index (χ3n) is 4.32. The highest BCUT2D eigenvalue weighted by molar-refractivity contribution is 7.92. The number of carbonyl (C=O) groups is 2.